The number of nitrogen functional groups attached to an aromatic ring is 2. The topological polar surface area (TPSA) is 78.3 Å². The molecule has 0 amide bonds. The van der Waals surface area contributed by atoms with Crippen LogP contribution in [0.1, 0.15) is 33.5 Å². The van der Waals surface area contributed by atoms with Gasteiger partial charge < -0.3 is 16.2 Å². The summed E-state index contributed by atoms with van der Waals surface area (Å²) >= 11 is 0. The minimum atomic E-state index is 0.558. The molecule has 2 aliphatic rings. The van der Waals surface area contributed by atoms with Gasteiger partial charge in [0.2, 0.25) is 0 Å². The average molecular weight is 330 g/mol. The van der Waals surface area contributed by atoms with Gasteiger partial charge in [0, 0.05) is 45.3 Å². The Bertz CT molecular complexity index is 997. The summed E-state index contributed by atoms with van der Waals surface area (Å²) in [7, 11) is 0. The Hall–Kier alpha value is -3.27. The molecule has 0 unspecified atom stereocenters. The zero-order chi connectivity index (χ0) is 17.6. The lowest BCUT2D eigenvalue weighted by atomic mass is 9.84. The van der Waals surface area contributed by atoms with E-state index in [1.165, 1.54) is 0 Å². The van der Waals surface area contributed by atoms with Crippen molar-refractivity contribution in [3.05, 3.63) is 82.1 Å². The van der Waals surface area contributed by atoms with Gasteiger partial charge in [-0.25, -0.2) is 0 Å². The van der Waals surface area contributed by atoms with Gasteiger partial charge in [0.15, 0.2) is 0 Å². The molecule has 0 spiro atoms. The monoisotopic (exact) mass is 330 g/mol. The molecule has 0 bridgehead atoms. The van der Waals surface area contributed by atoms with Crippen molar-refractivity contribution in [3.8, 4) is 5.75 Å². The number of aldehydes is 1. The molecule has 25 heavy (non-hydrogen) atoms. The maximum Gasteiger partial charge on any atom is 0.150 e. The quantitative estimate of drug-likeness (QED) is 0.644. The lowest BCUT2D eigenvalue weighted by Gasteiger charge is -2.28. The first-order valence-corrected chi connectivity index (χ1v) is 8.13. The second-order valence-electron chi connectivity index (χ2n) is 6.27. The summed E-state index contributed by atoms with van der Waals surface area (Å²) in [6.45, 7) is 2.01. The number of carbonyl (C=O) groups is 1. The zero-order valence-corrected chi connectivity index (χ0v) is 13.9. The highest BCUT2D eigenvalue weighted by molar-refractivity contribution is 5.96. The Kier molecular flexibility index (Phi) is 3.46. The van der Waals surface area contributed by atoms with Gasteiger partial charge in [-0.15, -0.1) is 0 Å². The zero-order valence-electron chi connectivity index (χ0n) is 13.9. The fourth-order valence-electron chi connectivity index (χ4n) is 3.45. The molecule has 4 heteroatoms. The predicted octanol–water partition coefficient (Wildman–Crippen LogP) is 4.01. The summed E-state index contributed by atoms with van der Waals surface area (Å²) in [6.07, 6.45) is 7.83. The molecule has 2 aromatic rings. The van der Waals surface area contributed by atoms with Crippen molar-refractivity contribution in [1.29, 1.82) is 0 Å². The van der Waals surface area contributed by atoms with Crippen LogP contribution < -0.4 is 16.2 Å². The molecule has 1 aliphatic heterocycles. The maximum absolute atomic E-state index is 11.0. The molecule has 4 rings (SSSR count). The van der Waals surface area contributed by atoms with E-state index in [1.54, 1.807) is 12.1 Å². The molecule has 4 nitrogen and oxygen atoms in total. The second-order valence-corrected chi connectivity index (χ2v) is 6.27. The molecular formula is C21H18N2O2. The van der Waals surface area contributed by atoms with E-state index in [2.05, 4.69) is 12.2 Å². The molecule has 4 N–H and O–H groups in total. The highest BCUT2D eigenvalue weighted by Gasteiger charge is 2.28. The van der Waals surface area contributed by atoms with Crippen LogP contribution in [0, 0.1) is 6.92 Å². The van der Waals surface area contributed by atoms with Crippen LogP contribution in [0.4, 0.5) is 11.4 Å². The van der Waals surface area contributed by atoms with Crippen molar-refractivity contribution < 1.29 is 9.53 Å². The molecule has 2 aromatic carbocycles. The Morgan fingerprint density at radius 3 is 2.76 bits per heavy atom. The molecule has 0 fully saturated rings. The predicted molar refractivity (Wildman–Crippen MR) is 100 cm³/mol. The number of carbonyl (C=O) groups excluding carboxylic acids is 1. The van der Waals surface area contributed by atoms with E-state index in [1.807, 2.05) is 31.2 Å². The molecule has 124 valence electrons. The first kappa shape index (κ1) is 15.3. The highest BCUT2D eigenvalue weighted by Crippen LogP contribution is 2.46. The summed E-state index contributed by atoms with van der Waals surface area (Å²) in [4.78, 5) is 11.0. The molecular weight excluding hydrogens is 312 g/mol. The number of hydrogen-bond acceptors (Lipinski definition) is 4. The molecule has 0 radical (unpaired) electrons. The Labute approximate surface area is 146 Å². The van der Waals surface area contributed by atoms with Crippen LogP contribution in [0.2, 0.25) is 0 Å². The summed E-state index contributed by atoms with van der Waals surface area (Å²) < 4.78 is 6.11. The van der Waals surface area contributed by atoms with E-state index in [4.69, 9.17) is 16.2 Å². The van der Waals surface area contributed by atoms with Crippen LogP contribution in [-0.2, 0) is 0 Å². The van der Waals surface area contributed by atoms with Crippen molar-refractivity contribution >= 4 is 23.2 Å². The first-order chi connectivity index (χ1) is 12.1. The summed E-state index contributed by atoms with van der Waals surface area (Å²) in [5.41, 5.74) is 19.0. The van der Waals surface area contributed by atoms with Crippen molar-refractivity contribution in [2.24, 2.45) is 0 Å². The van der Waals surface area contributed by atoms with Gasteiger partial charge in [-0.05, 0) is 37.1 Å². The van der Waals surface area contributed by atoms with E-state index >= 15 is 0 Å². The van der Waals surface area contributed by atoms with Gasteiger partial charge in [0.05, 0.1) is 0 Å². The van der Waals surface area contributed by atoms with Crippen molar-refractivity contribution in [2.45, 2.75) is 13.3 Å². The second kappa shape index (κ2) is 5.67. The van der Waals surface area contributed by atoms with Crippen LogP contribution in [0.3, 0.4) is 0 Å². The lowest BCUT2D eigenvalue weighted by molar-refractivity contribution is 0.112. The standard InChI is InChI=1S/C21H18N2O2/c1-12-8-14(22)10-19-20(12)21(16-4-2-3-5-18(16)25-19)15-7-6-13(11-24)9-17(15)23/h2,4-11H,3,22-23H2,1H3. The normalized spacial score (nSPS) is 15.2. The van der Waals surface area contributed by atoms with E-state index in [9.17, 15) is 4.79 Å². The van der Waals surface area contributed by atoms with Gasteiger partial charge in [-0.1, -0.05) is 24.3 Å². The first-order valence-electron chi connectivity index (χ1n) is 8.13. The van der Waals surface area contributed by atoms with E-state index in [0.29, 0.717) is 16.9 Å². The molecule has 0 aromatic heterocycles. The Morgan fingerprint density at radius 2 is 2.00 bits per heavy atom. The van der Waals surface area contributed by atoms with Crippen molar-refractivity contribution in [1.82, 2.24) is 0 Å². The number of allylic oxidation sites excluding steroid dienone is 3. The van der Waals surface area contributed by atoms with Gasteiger partial charge in [-0.2, -0.15) is 0 Å². The minimum absolute atomic E-state index is 0.558. The minimum Gasteiger partial charge on any atom is -0.456 e. The summed E-state index contributed by atoms with van der Waals surface area (Å²) in [5, 5.41) is 0. The number of ether oxygens (including phenoxy) is 1. The largest absolute Gasteiger partial charge is 0.456 e. The van der Waals surface area contributed by atoms with E-state index < -0.39 is 0 Å². The number of hydrogen-bond donors (Lipinski definition) is 2. The molecule has 0 saturated heterocycles. The van der Waals surface area contributed by atoms with Crippen molar-refractivity contribution in [2.75, 3.05) is 11.5 Å². The van der Waals surface area contributed by atoms with Crippen LogP contribution in [-0.4, -0.2) is 6.29 Å². The van der Waals surface area contributed by atoms with Crippen LogP contribution in [0.5, 0.6) is 5.75 Å². The van der Waals surface area contributed by atoms with Crippen molar-refractivity contribution in [3.63, 3.8) is 0 Å². The average Bonchev–Trinajstić information content (AvgIpc) is 2.60. The number of nitrogens with two attached hydrogens (primary N) is 2. The van der Waals surface area contributed by atoms with E-state index in [0.717, 1.165) is 52.1 Å². The van der Waals surface area contributed by atoms with Gasteiger partial charge in [0.1, 0.15) is 17.8 Å². The SMILES string of the molecule is Cc1cc(N)cc2c1C(c1ccc(C=O)cc1N)=C1C=CCC=C1O2. The highest BCUT2D eigenvalue weighted by atomic mass is 16.5. The third kappa shape index (κ3) is 2.43. The third-order valence-electron chi connectivity index (χ3n) is 4.53. The molecule has 1 heterocycles. The van der Waals surface area contributed by atoms with Crippen LogP contribution in [0.15, 0.2) is 59.9 Å². The van der Waals surface area contributed by atoms with Gasteiger partial charge in [0.25, 0.3) is 0 Å². The fraction of sp³-hybridized carbons (Fsp3) is 0.0952. The third-order valence-corrected chi connectivity index (χ3v) is 4.53. The summed E-state index contributed by atoms with van der Waals surface area (Å²) in [6, 6.07) is 9.15. The number of anilines is 2. The van der Waals surface area contributed by atoms with Gasteiger partial charge in [-0.3, -0.25) is 4.79 Å². The molecule has 0 atom stereocenters. The Balaban J connectivity index is 2.05. The smallest absolute Gasteiger partial charge is 0.150 e. The molecule has 0 saturated carbocycles. The number of aryl methyl sites for hydroxylation is 1. The van der Waals surface area contributed by atoms with Crippen LogP contribution >= 0.6 is 0 Å². The van der Waals surface area contributed by atoms with Gasteiger partial charge >= 0.3 is 0 Å². The number of benzene rings is 2. The Morgan fingerprint density at radius 1 is 1.16 bits per heavy atom. The number of rotatable bonds is 2. The molecule has 1 aliphatic carbocycles. The number of fused-ring (bicyclic) bond motifs is 2. The lowest BCUT2D eigenvalue weighted by Crippen LogP contribution is -2.13. The van der Waals surface area contributed by atoms with Crippen LogP contribution in [0.25, 0.3) is 5.57 Å². The van der Waals surface area contributed by atoms with E-state index in [-0.39, 0.29) is 0 Å². The maximum atomic E-state index is 11.0. The fourth-order valence-corrected chi connectivity index (χ4v) is 3.45. The summed E-state index contributed by atoms with van der Waals surface area (Å²) in [5.74, 6) is 1.55.